The van der Waals surface area contributed by atoms with Crippen molar-refractivity contribution in [2.45, 2.75) is 6.42 Å². The van der Waals surface area contributed by atoms with Crippen LogP contribution in [0.3, 0.4) is 0 Å². The summed E-state index contributed by atoms with van der Waals surface area (Å²) in [6.07, 6.45) is 2.80. The Labute approximate surface area is 160 Å². The van der Waals surface area contributed by atoms with E-state index in [0.717, 1.165) is 46.4 Å². The van der Waals surface area contributed by atoms with Crippen LogP contribution in [-0.4, -0.2) is 39.3 Å². The monoisotopic (exact) mass is 360 g/mol. The van der Waals surface area contributed by atoms with Gasteiger partial charge in [-0.15, -0.1) is 0 Å². The Morgan fingerprint density at radius 3 is 2.74 bits per heavy atom. The number of nitrogens with zero attached hydrogens (tertiary/aromatic N) is 3. The van der Waals surface area contributed by atoms with Crippen molar-refractivity contribution in [2.75, 3.05) is 44.6 Å². The highest BCUT2D eigenvalue weighted by Crippen LogP contribution is 2.34. The Hall–Kier alpha value is -3.10. The fourth-order valence-electron chi connectivity index (χ4n) is 3.06. The van der Waals surface area contributed by atoms with E-state index in [9.17, 15) is 5.26 Å². The molecule has 3 rings (SSSR count). The third-order valence-corrected chi connectivity index (χ3v) is 4.51. The van der Waals surface area contributed by atoms with Gasteiger partial charge in [0, 0.05) is 57.2 Å². The van der Waals surface area contributed by atoms with E-state index in [1.54, 1.807) is 7.11 Å². The second-order valence-electron chi connectivity index (χ2n) is 6.61. The number of hydrogen-bond acceptors (Lipinski definition) is 5. The predicted molar refractivity (Wildman–Crippen MR) is 111 cm³/mol. The van der Waals surface area contributed by atoms with Crippen LogP contribution in [0.15, 0.2) is 48.7 Å². The smallest absolute Gasteiger partial charge is 0.133 e. The van der Waals surface area contributed by atoms with Crippen molar-refractivity contribution in [3.05, 3.63) is 54.2 Å². The van der Waals surface area contributed by atoms with E-state index >= 15 is 0 Å². The lowest BCUT2D eigenvalue weighted by Crippen LogP contribution is -2.09. The molecule has 2 aromatic carbocycles. The number of anilines is 2. The summed E-state index contributed by atoms with van der Waals surface area (Å²) >= 11 is 0. The van der Waals surface area contributed by atoms with Crippen molar-refractivity contribution in [2.24, 2.45) is 0 Å². The van der Waals surface area contributed by atoms with Gasteiger partial charge in [-0.1, -0.05) is 18.2 Å². The number of methoxy groups -OCH3 is 1. The summed E-state index contributed by atoms with van der Waals surface area (Å²) < 4.78 is 5.12. The van der Waals surface area contributed by atoms with E-state index < -0.39 is 0 Å². The number of aromatic nitrogens is 1. The molecular weight excluding hydrogens is 336 g/mol. The molecule has 0 aliphatic rings. The molecular formula is C22H24N4O. The average molecular weight is 360 g/mol. The fraction of sp³-hybridized carbons (Fsp3) is 0.273. The highest BCUT2D eigenvalue weighted by molar-refractivity contribution is 6.03. The molecule has 1 heterocycles. The molecule has 5 nitrogen and oxygen atoms in total. The van der Waals surface area contributed by atoms with Crippen molar-refractivity contribution in [1.29, 1.82) is 5.26 Å². The van der Waals surface area contributed by atoms with Crippen molar-refractivity contribution in [1.82, 2.24) is 4.98 Å². The molecule has 0 aliphatic heterocycles. The summed E-state index contributed by atoms with van der Waals surface area (Å²) in [5, 5.41) is 14.8. The maximum atomic E-state index is 9.21. The average Bonchev–Trinajstić information content (AvgIpc) is 2.70. The maximum Gasteiger partial charge on any atom is 0.133 e. The van der Waals surface area contributed by atoms with Crippen LogP contribution in [0, 0.1) is 11.3 Å². The quantitative estimate of drug-likeness (QED) is 0.637. The number of nitriles is 1. The van der Waals surface area contributed by atoms with Gasteiger partial charge in [0.2, 0.25) is 0 Å². The van der Waals surface area contributed by atoms with Crippen molar-refractivity contribution in [3.63, 3.8) is 0 Å². The molecule has 0 unspecified atom stereocenters. The van der Waals surface area contributed by atoms with Crippen LogP contribution >= 0.6 is 0 Å². The van der Waals surface area contributed by atoms with E-state index in [4.69, 9.17) is 4.74 Å². The Balaban J connectivity index is 2.09. The minimum atomic E-state index is 0.646. The number of rotatable bonds is 7. The summed E-state index contributed by atoms with van der Waals surface area (Å²) in [4.78, 5) is 6.76. The van der Waals surface area contributed by atoms with Crippen LogP contribution in [-0.2, 0) is 4.74 Å². The lowest BCUT2D eigenvalue weighted by atomic mass is 9.98. The first-order valence-electron chi connectivity index (χ1n) is 8.97. The summed E-state index contributed by atoms with van der Waals surface area (Å²) in [6, 6.07) is 16.2. The normalized spacial score (nSPS) is 10.6. The van der Waals surface area contributed by atoms with E-state index in [1.807, 2.05) is 44.6 Å². The number of pyridine rings is 1. The molecule has 1 N–H and O–H groups in total. The minimum Gasteiger partial charge on any atom is -0.385 e. The van der Waals surface area contributed by atoms with Gasteiger partial charge in [-0.2, -0.15) is 5.26 Å². The molecule has 27 heavy (non-hydrogen) atoms. The largest absolute Gasteiger partial charge is 0.385 e. The van der Waals surface area contributed by atoms with Crippen LogP contribution in [0.1, 0.15) is 12.0 Å². The summed E-state index contributed by atoms with van der Waals surface area (Å²) in [6.45, 7) is 1.51. The van der Waals surface area contributed by atoms with E-state index in [-0.39, 0.29) is 0 Å². The first-order valence-corrected chi connectivity index (χ1v) is 8.97. The van der Waals surface area contributed by atoms with Gasteiger partial charge in [-0.3, -0.25) is 0 Å². The Kier molecular flexibility index (Phi) is 5.90. The van der Waals surface area contributed by atoms with Gasteiger partial charge in [0.15, 0.2) is 0 Å². The zero-order valence-corrected chi connectivity index (χ0v) is 16.0. The predicted octanol–water partition coefficient (Wildman–Crippen LogP) is 4.29. The lowest BCUT2D eigenvalue weighted by Gasteiger charge is -2.17. The van der Waals surface area contributed by atoms with Crippen molar-refractivity contribution < 1.29 is 4.74 Å². The first kappa shape index (κ1) is 18.7. The van der Waals surface area contributed by atoms with Crippen LogP contribution in [0.5, 0.6) is 0 Å². The number of hydrogen-bond donors (Lipinski definition) is 1. The zero-order valence-electron chi connectivity index (χ0n) is 16.0. The third-order valence-electron chi connectivity index (χ3n) is 4.51. The minimum absolute atomic E-state index is 0.646. The lowest BCUT2D eigenvalue weighted by molar-refractivity contribution is 0.198. The van der Waals surface area contributed by atoms with E-state index in [1.165, 1.54) is 0 Å². The molecule has 0 bridgehead atoms. The molecule has 0 spiro atoms. The first-order chi connectivity index (χ1) is 13.1. The number of nitrogens with one attached hydrogen (secondary N) is 1. The van der Waals surface area contributed by atoms with Crippen LogP contribution in [0.2, 0.25) is 0 Å². The van der Waals surface area contributed by atoms with Gasteiger partial charge in [-0.25, -0.2) is 4.98 Å². The van der Waals surface area contributed by atoms with E-state index in [0.29, 0.717) is 12.2 Å². The van der Waals surface area contributed by atoms with Crippen LogP contribution < -0.4 is 10.2 Å². The molecule has 0 aliphatic carbocycles. The standard InChI is InChI=1S/C22H24N4O/c1-26(2)18-8-9-19-20(13-18)22(24-10-5-11-27-3)25-15-21(19)17-7-4-6-16(12-17)14-23/h4,6-9,12-13,15H,5,10-11H2,1-3H3,(H,24,25). The molecule has 0 saturated heterocycles. The molecule has 0 fully saturated rings. The van der Waals surface area contributed by atoms with Gasteiger partial charge in [0.1, 0.15) is 5.82 Å². The number of ether oxygens (including phenoxy) is 1. The van der Waals surface area contributed by atoms with Gasteiger partial charge >= 0.3 is 0 Å². The van der Waals surface area contributed by atoms with Gasteiger partial charge < -0.3 is 15.0 Å². The Bertz CT molecular complexity index is 976. The summed E-state index contributed by atoms with van der Waals surface area (Å²) in [5.74, 6) is 0.866. The van der Waals surface area contributed by atoms with Crippen LogP contribution in [0.4, 0.5) is 11.5 Å². The van der Waals surface area contributed by atoms with E-state index in [2.05, 4.69) is 39.5 Å². The van der Waals surface area contributed by atoms with Crippen molar-refractivity contribution >= 4 is 22.3 Å². The SMILES string of the molecule is COCCCNc1ncc(-c2cccc(C#N)c2)c2ccc(N(C)C)cc12. The summed E-state index contributed by atoms with van der Waals surface area (Å²) in [7, 11) is 5.77. The topological polar surface area (TPSA) is 61.2 Å². The summed E-state index contributed by atoms with van der Waals surface area (Å²) in [5.41, 5.74) is 3.78. The van der Waals surface area contributed by atoms with Gasteiger partial charge in [0.25, 0.3) is 0 Å². The second kappa shape index (κ2) is 8.52. The highest BCUT2D eigenvalue weighted by atomic mass is 16.5. The molecule has 0 atom stereocenters. The fourth-order valence-corrected chi connectivity index (χ4v) is 3.06. The zero-order chi connectivity index (χ0) is 19.2. The number of benzene rings is 2. The Morgan fingerprint density at radius 2 is 2.00 bits per heavy atom. The molecule has 138 valence electrons. The molecule has 0 amide bonds. The molecule has 1 aromatic heterocycles. The molecule has 3 aromatic rings. The number of fused-ring (bicyclic) bond motifs is 1. The van der Waals surface area contributed by atoms with Crippen LogP contribution in [0.25, 0.3) is 21.9 Å². The molecule has 0 saturated carbocycles. The van der Waals surface area contributed by atoms with Gasteiger partial charge in [0.05, 0.1) is 11.6 Å². The highest BCUT2D eigenvalue weighted by Gasteiger charge is 2.11. The molecule has 0 radical (unpaired) electrons. The van der Waals surface area contributed by atoms with Gasteiger partial charge in [-0.05, 0) is 41.6 Å². The maximum absolute atomic E-state index is 9.21. The van der Waals surface area contributed by atoms with Crippen molar-refractivity contribution in [3.8, 4) is 17.2 Å². The second-order valence-corrected chi connectivity index (χ2v) is 6.61. The Morgan fingerprint density at radius 1 is 1.15 bits per heavy atom. The third kappa shape index (κ3) is 4.18. The molecule has 5 heteroatoms.